The van der Waals surface area contributed by atoms with E-state index >= 15 is 0 Å². The SMILES string of the molecule is CCC(=O)N[C@H]1C[C@](C(CC(N)=O)[C@@H]2C[C@@H](n3cnc4c(Cl)nc(Cl)nc43)[C@H](O)[C@@H]2O)(n2cnc3c(NCC(c4ccccc4)c4ccccc4)nc(Cl)nc32)[C@H](O)[C@@H]1O. The number of anilines is 1. The predicted octanol–water partition coefficient (Wildman–Crippen LogP) is 3.36. The van der Waals surface area contributed by atoms with Gasteiger partial charge in [-0.1, -0.05) is 79.2 Å². The van der Waals surface area contributed by atoms with E-state index in [1.807, 2.05) is 60.7 Å². The lowest BCUT2D eigenvalue weighted by Crippen LogP contribution is -2.54. The molecule has 0 radical (unpaired) electrons. The maximum atomic E-state index is 13.2. The molecule has 1 unspecified atom stereocenters. The van der Waals surface area contributed by atoms with Crippen LogP contribution in [0.3, 0.4) is 0 Å². The van der Waals surface area contributed by atoms with E-state index in [4.69, 9.17) is 45.5 Å². The topological polar surface area (TPSA) is 252 Å². The van der Waals surface area contributed by atoms with Gasteiger partial charge in [0.1, 0.15) is 23.8 Å². The number of nitrogens with two attached hydrogens (primary N) is 1. The molecule has 0 spiro atoms. The molecule has 314 valence electrons. The molecule has 2 aliphatic rings. The third-order valence-electron chi connectivity index (χ3n) is 12.1. The Morgan fingerprint density at radius 1 is 0.850 bits per heavy atom. The molecule has 0 saturated heterocycles. The van der Waals surface area contributed by atoms with Crippen LogP contribution in [0.2, 0.25) is 15.7 Å². The summed E-state index contributed by atoms with van der Waals surface area (Å²) in [5.41, 5.74) is 7.09. The molecule has 2 aromatic carbocycles. The van der Waals surface area contributed by atoms with Crippen LogP contribution in [0.5, 0.6) is 0 Å². The van der Waals surface area contributed by atoms with Crippen LogP contribution in [0.1, 0.15) is 55.7 Å². The molecular formula is C40H42Cl3N11O6. The number of rotatable bonds is 13. The highest BCUT2D eigenvalue weighted by Gasteiger charge is 2.63. The molecule has 8 rings (SSSR count). The van der Waals surface area contributed by atoms with Crippen LogP contribution in [0, 0.1) is 11.8 Å². The minimum Gasteiger partial charge on any atom is -0.390 e. The molecule has 2 saturated carbocycles. The molecule has 6 aromatic rings. The number of primary amides is 1. The molecule has 8 N–H and O–H groups in total. The van der Waals surface area contributed by atoms with Crippen molar-refractivity contribution in [3.8, 4) is 0 Å². The average Bonchev–Trinajstić information content (AvgIpc) is 3.99. The molecule has 4 aromatic heterocycles. The lowest BCUT2D eigenvalue weighted by atomic mass is 9.69. The molecule has 9 atom stereocenters. The van der Waals surface area contributed by atoms with E-state index in [0.717, 1.165) is 11.1 Å². The van der Waals surface area contributed by atoms with Gasteiger partial charge in [-0.3, -0.25) is 9.59 Å². The van der Waals surface area contributed by atoms with E-state index in [1.165, 1.54) is 21.8 Å². The van der Waals surface area contributed by atoms with Crippen LogP contribution in [-0.4, -0.2) is 108 Å². The van der Waals surface area contributed by atoms with E-state index in [1.54, 1.807) is 6.92 Å². The van der Waals surface area contributed by atoms with Gasteiger partial charge in [0.15, 0.2) is 27.8 Å². The molecule has 20 heteroatoms. The first kappa shape index (κ1) is 41.7. The summed E-state index contributed by atoms with van der Waals surface area (Å²) >= 11 is 19.1. The zero-order valence-electron chi connectivity index (χ0n) is 32.1. The number of nitrogens with zero attached hydrogens (tertiary/aromatic N) is 8. The van der Waals surface area contributed by atoms with Crippen LogP contribution in [0.15, 0.2) is 73.3 Å². The number of imidazole rings is 2. The number of aliphatic hydroxyl groups excluding tert-OH is 4. The van der Waals surface area contributed by atoms with Gasteiger partial charge >= 0.3 is 0 Å². The number of fused-ring (bicyclic) bond motifs is 2. The highest BCUT2D eigenvalue weighted by atomic mass is 35.5. The van der Waals surface area contributed by atoms with Crippen molar-refractivity contribution in [1.29, 1.82) is 0 Å². The van der Waals surface area contributed by atoms with Gasteiger partial charge in [-0.15, -0.1) is 0 Å². The predicted molar refractivity (Wildman–Crippen MR) is 222 cm³/mol. The second-order valence-electron chi connectivity index (χ2n) is 15.4. The molecule has 0 bridgehead atoms. The number of halogens is 3. The lowest BCUT2D eigenvalue weighted by Gasteiger charge is -2.45. The zero-order valence-corrected chi connectivity index (χ0v) is 34.3. The van der Waals surface area contributed by atoms with Crippen molar-refractivity contribution >= 4 is 74.8 Å². The van der Waals surface area contributed by atoms with Gasteiger partial charge in [0.05, 0.1) is 36.4 Å². The van der Waals surface area contributed by atoms with Gasteiger partial charge in [0.25, 0.3) is 0 Å². The van der Waals surface area contributed by atoms with E-state index in [2.05, 4.69) is 35.6 Å². The van der Waals surface area contributed by atoms with Crippen molar-refractivity contribution in [3.05, 3.63) is 100 Å². The lowest BCUT2D eigenvalue weighted by molar-refractivity contribution is -0.124. The highest BCUT2D eigenvalue weighted by Crippen LogP contribution is 2.54. The number of nitrogens with one attached hydrogen (secondary N) is 2. The average molecular weight is 879 g/mol. The van der Waals surface area contributed by atoms with Crippen molar-refractivity contribution in [2.75, 3.05) is 11.9 Å². The summed E-state index contributed by atoms with van der Waals surface area (Å²) in [7, 11) is 0. The summed E-state index contributed by atoms with van der Waals surface area (Å²) in [4.78, 5) is 52.3. The van der Waals surface area contributed by atoms with E-state index < -0.39 is 72.1 Å². The minimum atomic E-state index is -1.76. The Morgan fingerprint density at radius 3 is 2.13 bits per heavy atom. The standard InChI is InChI=1S/C40H42Cl3N11O6/c1-2-27(56)48-24-15-40(33(60)31(24)58,23(14-26(44)55)21-13-25(32(59)30(21)57)53-17-46-28-34(41)49-38(42)51-36(28)53)54-18-47-29-35(50-39(43)52-37(29)54)45-16-22(19-9-5-3-6-10-19)20-11-7-4-8-12-20/h3-12,17-18,21-25,30-33,57-60H,2,13-16H2,1H3,(H2,44,55)(H,48,56)(H,45,50,52)/t21-,23?,24-,25+,30+,31+,32-,33+,40+/m0/s1. The fourth-order valence-electron chi connectivity index (χ4n) is 9.38. The van der Waals surface area contributed by atoms with Gasteiger partial charge in [0.2, 0.25) is 22.4 Å². The number of carbonyl (C=O) groups is 2. The summed E-state index contributed by atoms with van der Waals surface area (Å²) in [6, 6.07) is 18.0. The fourth-order valence-corrected chi connectivity index (χ4v) is 9.96. The molecule has 4 heterocycles. The normalized spacial score (nSPS) is 25.9. The third kappa shape index (κ3) is 7.41. The van der Waals surface area contributed by atoms with Crippen LogP contribution in [-0.2, 0) is 15.1 Å². The van der Waals surface area contributed by atoms with Crippen molar-refractivity contribution in [3.63, 3.8) is 0 Å². The Kier molecular flexibility index (Phi) is 11.7. The minimum absolute atomic E-state index is 0.00291. The maximum Gasteiger partial charge on any atom is 0.226 e. The number of hydrogen-bond donors (Lipinski definition) is 7. The Balaban J connectivity index is 1.24. The molecule has 60 heavy (non-hydrogen) atoms. The third-order valence-corrected chi connectivity index (χ3v) is 12.7. The summed E-state index contributed by atoms with van der Waals surface area (Å²) in [5, 5.41) is 53.7. The highest BCUT2D eigenvalue weighted by molar-refractivity contribution is 6.35. The summed E-state index contributed by atoms with van der Waals surface area (Å²) in [6.07, 6.45) is -4.00. The van der Waals surface area contributed by atoms with Gasteiger partial charge in [-0.2, -0.15) is 15.0 Å². The smallest absolute Gasteiger partial charge is 0.226 e. The Bertz CT molecular complexity index is 2490. The Hall–Kier alpha value is -5.01. The summed E-state index contributed by atoms with van der Waals surface area (Å²) < 4.78 is 3.05. The molecule has 2 fully saturated rings. The maximum absolute atomic E-state index is 13.2. The van der Waals surface area contributed by atoms with Gasteiger partial charge in [-0.05, 0) is 59.0 Å². The molecular weight excluding hydrogens is 837 g/mol. The quantitative estimate of drug-likeness (QED) is 0.0650. The van der Waals surface area contributed by atoms with Crippen LogP contribution < -0.4 is 16.4 Å². The van der Waals surface area contributed by atoms with E-state index in [0.29, 0.717) is 6.54 Å². The summed E-state index contributed by atoms with van der Waals surface area (Å²) in [5.74, 6) is -3.15. The number of hydrogen-bond acceptors (Lipinski definition) is 13. The first-order valence-electron chi connectivity index (χ1n) is 19.4. The van der Waals surface area contributed by atoms with Gasteiger partial charge in [-0.25, -0.2) is 15.0 Å². The van der Waals surface area contributed by atoms with E-state index in [9.17, 15) is 30.0 Å². The van der Waals surface area contributed by atoms with Gasteiger partial charge in [0, 0.05) is 25.3 Å². The number of carbonyl (C=O) groups excluding carboxylic acids is 2. The van der Waals surface area contributed by atoms with Crippen LogP contribution in [0.25, 0.3) is 22.3 Å². The van der Waals surface area contributed by atoms with Crippen LogP contribution >= 0.6 is 34.8 Å². The monoisotopic (exact) mass is 877 g/mol. The first-order chi connectivity index (χ1) is 28.8. The first-order valence-corrected chi connectivity index (χ1v) is 20.6. The number of aliphatic hydroxyl groups is 4. The van der Waals surface area contributed by atoms with Crippen molar-refractivity contribution in [1.82, 2.24) is 44.4 Å². The van der Waals surface area contributed by atoms with Crippen molar-refractivity contribution in [2.45, 2.75) is 80.6 Å². The second kappa shape index (κ2) is 16.8. The fraction of sp³-hybridized carbons (Fsp3) is 0.400. The van der Waals surface area contributed by atoms with E-state index in [-0.39, 0.29) is 69.0 Å². The van der Waals surface area contributed by atoms with Crippen molar-refractivity contribution < 1.29 is 30.0 Å². The molecule has 2 aliphatic carbocycles. The zero-order chi connectivity index (χ0) is 42.5. The molecule has 0 aliphatic heterocycles. The van der Waals surface area contributed by atoms with Crippen molar-refractivity contribution in [2.24, 2.45) is 17.6 Å². The molecule has 17 nitrogen and oxygen atoms in total. The largest absolute Gasteiger partial charge is 0.390 e. The Labute approximate surface area is 358 Å². The second-order valence-corrected chi connectivity index (χ2v) is 16.4. The van der Waals surface area contributed by atoms with Gasteiger partial charge < -0.3 is 45.9 Å². The molecule has 2 amide bonds. The number of benzene rings is 2. The number of aromatic nitrogens is 8. The summed E-state index contributed by atoms with van der Waals surface area (Å²) in [6.45, 7) is 2.01. The number of amides is 2. The van der Waals surface area contributed by atoms with Crippen LogP contribution in [0.4, 0.5) is 5.82 Å². The Morgan fingerprint density at radius 2 is 1.48 bits per heavy atom.